The van der Waals surface area contributed by atoms with E-state index in [-0.39, 0.29) is 23.8 Å². The van der Waals surface area contributed by atoms with E-state index >= 15 is 0 Å². The van der Waals surface area contributed by atoms with Crippen LogP contribution in [-0.4, -0.2) is 43.1 Å². The fourth-order valence-corrected chi connectivity index (χ4v) is 3.70. The average Bonchev–Trinajstić information content (AvgIpc) is 3.15. The maximum Gasteiger partial charge on any atom is 0.305 e. The Kier molecular flexibility index (Phi) is 6.50. The molecule has 2 aromatic rings. The molecule has 1 aliphatic rings. The van der Waals surface area contributed by atoms with Gasteiger partial charge in [-0.25, -0.2) is 0 Å². The highest BCUT2D eigenvalue weighted by atomic mass is 16.5. The normalized spacial score (nSPS) is 18.2. The number of benzene rings is 2. The van der Waals surface area contributed by atoms with Gasteiger partial charge >= 0.3 is 5.97 Å². The van der Waals surface area contributed by atoms with Gasteiger partial charge in [-0.1, -0.05) is 24.3 Å². The van der Waals surface area contributed by atoms with Crippen molar-refractivity contribution in [2.24, 2.45) is 5.92 Å². The Bertz CT molecular complexity index is 900. The number of carbonyl (C=O) groups excluding carboxylic acids is 2. The highest BCUT2D eigenvalue weighted by molar-refractivity contribution is 5.74. The molecular weight excluding hydrogens is 368 g/mol. The highest BCUT2D eigenvalue weighted by Crippen LogP contribution is 2.28. The van der Waals surface area contributed by atoms with Gasteiger partial charge in [-0.2, -0.15) is 5.26 Å². The molecule has 0 N–H and O–H groups in total. The second-order valence-electron chi connectivity index (χ2n) is 7.23. The van der Waals surface area contributed by atoms with Gasteiger partial charge in [-0.3, -0.25) is 9.59 Å². The molecule has 1 heterocycles. The van der Waals surface area contributed by atoms with Crippen LogP contribution in [0.5, 0.6) is 5.75 Å². The van der Waals surface area contributed by atoms with Gasteiger partial charge in [0, 0.05) is 13.5 Å². The van der Waals surface area contributed by atoms with Crippen LogP contribution in [0.25, 0.3) is 11.1 Å². The molecule has 29 heavy (non-hydrogen) atoms. The molecule has 0 spiro atoms. The molecule has 6 nitrogen and oxygen atoms in total. The third-order valence-electron chi connectivity index (χ3n) is 5.23. The molecule has 1 aliphatic heterocycles. The summed E-state index contributed by atoms with van der Waals surface area (Å²) >= 11 is 0. The van der Waals surface area contributed by atoms with Gasteiger partial charge in [0.2, 0.25) is 5.91 Å². The number of ether oxygens (including phenoxy) is 2. The van der Waals surface area contributed by atoms with Crippen LogP contribution in [0.4, 0.5) is 0 Å². The van der Waals surface area contributed by atoms with E-state index in [1.54, 1.807) is 24.0 Å². The molecule has 1 fully saturated rings. The van der Waals surface area contributed by atoms with Crippen molar-refractivity contribution in [3.05, 3.63) is 54.1 Å². The Morgan fingerprint density at radius 1 is 1.10 bits per heavy atom. The molecule has 6 heteroatoms. The SMILES string of the molecule is COC(=O)C[C@@H]1C[C@@H](COc2ccc(-c3ccc(C#N)cc3)cc2)N(C(C)=O)C1. The van der Waals surface area contributed by atoms with Gasteiger partial charge in [-0.05, 0) is 47.7 Å². The standard InChI is InChI=1S/C23H24N2O4/c1-16(26)25-14-18(12-23(27)28-2)11-21(25)15-29-22-9-7-20(8-10-22)19-5-3-17(13-24)4-6-19/h3-10,18,21H,11-12,14-15H2,1-2H3/t18-,21-/m0/s1. The predicted octanol–water partition coefficient (Wildman–Crippen LogP) is 3.40. The maximum absolute atomic E-state index is 11.9. The number of nitriles is 1. The van der Waals surface area contributed by atoms with E-state index in [0.717, 1.165) is 23.3 Å². The zero-order valence-electron chi connectivity index (χ0n) is 16.6. The van der Waals surface area contributed by atoms with Crippen LogP contribution in [0, 0.1) is 17.2 Å². The number of esters is 1. The molecule has 2 aromatic carbocycles. The van der Waals surface area contributed by atoms with Gasteiger partial charge in [0.25, 0.3) is 0 Å². The molecule has 3 rings (SSSR count). The number of likely N-dealkylation sites (tertiary alicyclic amines) is 1. The first-order valence-electron chi connectivity index (χ1n) is 9.57. The van der Waals surface area contributed by atoms with Crippen molar-refractivity contribution < 1.29 is 19.1 Å². The molecule has 0 aromatic heterocycles. The monoisotopic (exact) mass is 392 g/mol. The smallest absolute Gasteiger partial charge is 0.305 e. The third-order valence-corrected chi connectivity index (χ3v) is 5.23. The lowest BCUT2D eigenvalue weighted by Crippen LogP contribution is -2.37. The predicted molar refractivity (Wildman–Crippen MR) is 108 cm³/mol. The van der Waals surface area contributed by atoms with Crippen LogP contribution < -0.4 is 4.74 Å². The van der Waals surface area contributed by atoms with E-state index in [1.165, 1.54) is 7.11 Å². The first kappa shape index (κ1) is 20.4. The lowest BCUT2D eigenvalue weighted by molar-refractivity contribution is -0.142. The van der Waals surface area contributed by atoms with E-state index in [2.05, 4.69) is 6.07 Å². The summed E-state index contributed by atoms with van der Waals surface area (Å²) in [5.74, 6) is 0.557. The van der Waals surface area contributed by atoms with Crippen LogP contribution in [0.1, 0.15) is 25.3 Å². The Hall–Kier alpha value is -3.33. The fourth-order valence-electron chi connectivity index (χ4n) is 3.70. The summed E-state index contributed by atoms with van der Waals surface area (Å²) in [4.78, 5) is 25.3. The molecule has 1 amide bonds. The first-order valence-corrected chi connectivity index (χ1v) is 9.57. The van der Waals surface area contributed by atoms with Gasteiger partial charge < -0.3 is 14.4 Å². The number of hydrogen-bond acceptors (Lipinski definition) is 5. The average molecular weight is 392 g/mol. The van der Waals surface area contributed by atoms with Crippen molar-refractivity contribution in [2.45, 2.75) is 25.8 Å². The summed E-state index contributed by atoms with van der Waals surface area (Å²) in [5, 5.41) is 8.90. The zero-order chi connectivity index (χ0) is 20.8. The van der Waals surface area contributed by atoms with E-state index in [1.807, 2.05) is 36.4 Å². The van der Waals surface area contributed by atoms with Crippen molar-refractivity contribution in [3.8, 4) is 22.9 Å². The molecule has 2 atom stereocenters. The summed E-state index contributed by atoms with van der Waals surface area (Å²) in [6.45, 7) is 2.48. The lowest BCUT2D eigenvalue weighted by Gasteiger charge is -2.23. The Morgan fingerprint density at radius 2 is 1.72 bits per heavy atom. The number of methoxy groups -OCH3 is 1. The van der Waals surface area contributed by atoms with Gasteiger partial charge in [0.1, 0.15) is 12.4 Å². The quantitative estimate of drug-likeness (QED) is 0.704. The Morgan fingerprint density at radius 3 is 2.28 bits per heavy atom. The molecule has 0 unspecified atom stereocenters. The lowest BCUT2D eigenvalue weighted by atomic mass is 10.0. The molecule has 1 saturated heterocycles. The fraction of sp³-hybridized carbons (Fsp3) is 0.348. The number of rotatable bonds is 6. The van der Waals surface area contributed by atoms with E-state index < -0.39 is 0 Å². The van der Waals surface area contributed by atoms with Gasteiger partial charge in [0.05, 0.1) is 31.2 Å². The maximum atomic E-state index is 11.9. The molecule has 0 radical (unpaired) electrons. The topological polar surface area (TPSA) is 79.6 Å². The molecule has 0 saturated carbocycles. The van der Waals surface area contributed by atoms with E-state index in [4.69, 9.17) is 14.7 Å². The van der Waals surface area contributed by atoms with Crippen molar-refractivity contribution >= 4 is 11.9 Å². The Labute approximate surface area is 170 Å². The number of amides is 1. The van der Waals surface area contributed by atoms with E-state index in [0.29, 0.717) is 25.1 Å². The summed E-state index contributed by atoms with van der Waals surface area (Å²) < 4.78 is 10.7. The number of nitrogens with zero attached hydrogens (tertiary/aromatic N) is 2. The summed E-state index contributed by atoms with van der Waals surface area (Å²) in [6, 6.07) is 17.2. The zero-order valence-corrected chi connectivity index (χ0v) is 16.6. The van der Waals surface area contributed by atoms with Crippen LogP contribution in [-0.2, 0) is 14.3 Å². The summed E-state index contributed by atoms with van der Waals surface area (Å²) in [5.41, 5.74) is 2.69. The first-order chi connectivity index (χ1) is 14.0. The molecule has 0 bridgehead atoms. The second kappa shape index (κ2) is 9.24. The van der Waals surface area contributed by atoms with Crippen LogP contribution in [0.3, 0.4) is 0 Å². The van der Waals surface area contributed by atoms with Crippen LogP contribution in [0.2, 0.25) is 0 Å². The summed E-state index contributed by atoms with van der Waals surface area (Å²) in [7, 11) is 1.38. The molecular formula is C23H24N2O4. The molecule has 0 aliphatic carbocycles. The van der Waals surface area contributed by atoms with Crippen molar-refractivity contribution in [1.29, 1.82) is 5.26 Å². The van der Waals surface area contributed by atoms with Crippen molar-refractivity contribution in [1.82, 2.24) is 4.90 Å². The minimum Gasteiger partial charge on any atom is -0.491 e. The minimum atomic E-state index is -0.251. The third kappa shape index (κ3) is 5.14. The highest BCUT2D eigenvalue weighted by Gasteiger charge is 2.35. The van der Waals surface area contributed by atoms with Crippen molar-refractivity contribution in [3.63, 3.8) is 0 Å². The number of carbonyl (C=O) groups is 2. The van der Waals surface area contributed by atoms with Crippen molar-refractivity contribution in [2.75, 3.05) is 20.3 Å². The summed E-state index contributed by atoms with van der Waals surface area (Å²) in [6.07, 6.45) is 1.04. The number of hydrogen-bond donors (Lipinski definition) is 0. The van der Waals surface area contributed by atoms with Crippen LogP contribution >= 0.6 is 0 Å². The second-order valence-corrected chi connectivity index (χ2v) is 7.23. The van der Waals surface area contributed by atoms with Gasteiger partial charge in [0.15, 0.2) is 0 Å². The van der Waals surface area contributed by atoms with E-state index in [9.17, 15) is 9.59 Å². The van der Waals surface area contributed by atoms with Gasteiger partial charge in [-0.15, -0.1) is 0 Å². The molecule has 150 valence electrons. The minimum absolute atomic E-state index is 0.0119. The largest absolute Gasteiger partial charge is 0.491 e. The van der Waals surface area contributed by atoms with Crippen LogP contribution in [0.15, 0.2) is 48.5 Å². The Balaban J connectivity index is 1.60.